The fourth-order valence-electron chi connectivity index (χ4n) is 2.27. The Bertz CT molecular complexity index is 384. The molecule has 16 heavy (non-hydrogen) atoms. The quantitative estimate of drug-likeness (QED) is 0.789. The molecule has 2 N–H and O–H groups in total. The van der Waals surface area contributed by atoms with Crippen molar-refractivity contribution in [2.24, 2.45) is 5.73 Å². The molecule has 1 aromatic carbocycles. The smallest absolute Gasteiger partial charge is 0.123 e. The van der Waals surface area contributed by atoms with E-state index in [1.165, 1.54) is 18.4 Å². The Kier molecular flexibility index (Phi) is 3.62. The summed E-state index contributed by atoms with van der Waals surface area (Å²) in [6, 6.07) is 8.01. The van der Waals surface area contributed by atoms with Gasteiger partial charge in [-0.3, -0.25) is 0 Å². The Morgan fingerprint density at radius 1 is 1.25 bits per heavy atom. The molecule has 2 rings (SSSR count). The zero-order chi connectivity index (χ0) is 11.4. The van der Waals surface area contributed by atoms with Crippen molar-refractivity contribution in [1.82, 2.24) is 0 Å². The highest BCUT2D eigenvalue weighted by Gasteiger charge is 2.16. The number of hydrogen-bond acceptors (Lipinski definition) is 2. The molecule has 1 atom stereocenters. The standard InChI is InChI=1S/C14H19NO/c1-16-13-10-6-5-9-12(13)14(15)11-7-3-2-4-8-11/h5-7,9-10,14H,2-4,8,15H2,1H3. The molecular formula is C14H19NO. The van der Waals surface area contributed by atoms with E-state index < -0.39 is 0 Å². The molecule has 2 nitrogen and oxygen atoms in total. The minimum atomic E-state index is -0.00329. The van der Waals surface area contributed by atoms with Crippen molar-refractivity contribution in [2.75, 3.05) is 7.11 Å². The van der Waals surface area contributed by atoms with Crippen LogP contribution in [0.25, 0.3) is 0 Å². The van der Waals surface area contributed by atoms with Crippen molar-refractivity contribution in [2.45, 2.75) is 31.7 Å². The van der Waals surface area contributed by atoms with Crippen LogP contribution in [0.1, 0.15) is 37.3 Å². The molecule has 1 unspecified atom stereocenters. The maximum absolute atomic E-state index is 6.30. The summed E-state index contributed by atoms with van der Waals surface area (Å²) in [7, 11) is 1.70. The summed E-state index contributed by atoms with van der Waals surface area (Å²) in [5.41, 5.74) is 8.75. The first-order chi connectivity index (χ1) is 7.83. The van der Waals surface area contributed by atoms with Gasteiger partial charge in [-0.05, 0) is 31.7 Å². The molecule has 0 amide bonds. The van der Waals surface area contributed by atoms with Gasteiger partial charge in [0.25, 0.3) is 0 Å². The van der Waals surface area contributed by atoms with Crippen molar-refractivity contribution in [3.63, 3.8) is 0 Å². The summed E-state index contributed by atoms with van der Waals surface area (Å²) in [6.45, 7) is 0. The second-order valence-corrected chi connectivity index (χ2v) is 4.24. The Hall–Kier alpha value is -1.28. The van der Waals surface area contributed by atoms with Crippen molar-refractivity contribution in [3.05, 3.63) is 41.5 Å². The molecule has 0 spiro atoms. The highest BCUT2D eigenvalue weighted by atomic mass is 16.5. The van der Waals surface area contributed by atoms with Crippen molar-refractivity contribution >= 4 is 0 Å². The van der Waals surface area contributed by atoms with Gasteiger partial charge in [-0.25, -0.2) is 0 Å². The maximum atomic E-state index is 6.30. The third-order valence-corrected chi connectivity index (χ3v) is 3.20. The zero-order valence-electron chi connectivity index (χ0n) is 9.78. The predicted molar refractivity (Wildman–Crippen MR) is 66.5 cm³/mol. The lowest BCUT2D eigenvalue weighted by Gasteiger charge is -2.21. The molecule has 86 valence electrons. The molecule has 0 aromatic heterocycles. The van der Waals surface area contributed by atoms with Crippen LogP contribution in [-0.2, 0) is 0 Å². The Labute approximate surface area is 97.1 Å². The Morgan fingerprint density at radius 2 is 2.06 bits per heavy atom. The van der Waals surface area contributed by atoms with Crippen LogP contribution in [0.5, 0.6) is 5.75 Å². The second-order valence-electron chi connectivity index (χ2n) is 4.24. The van der Waals surface area contributed by atoms with Crippen LogP contribution in [0.2, 0.25) is 0 Å². The van der Waals surface area contributed by atoms with Gasteiger partial charge in [0.15, 0.2) is 0 Å². The van der Waals surface area contributed by atoms with E-state index in [1.807, 2.05) is 18.2 Å². The van der Waals surface area contributed by atoms with Gasteiger partial charge in [-0.2, -0.15) is 0 Å². The number of ether oxygens (including phenoxy) is 1. The van der Waals surface area contributed by atoms with Gasteiger partial charge < -0.3 is 10.5 Å². The van der Waals surface area contributed by atoms with Gasteiger partial charge in [0.05, 0.1) is 13.2 Å². The summed E-state index contributed by atoms with van der Waals surface area (Å²) in [5, 5.41) is 0. The SMILES string of the molecule is COc1ccccc1C(N)C1=CCCCC1. The summed E-state index contributed by atoms with van der Waals surface area (Å²) in [4.78, 5) is 0. The summed E-state index contributed by atoms with van der Waals surface area (Å²) in [5.74, 6) is 0.890. The van der Waals surface area contributed by atoms with E-state index in [0.717, 1.165) is 24.2 Å². The Balaban J connectivity index is 2.25. The molecule has 0 aliphatic heterocycles. The number of hydrogen-bond donors (Lipinski definition) is 1. The molecule has 0 radical (unpaired) electrons. The fraction of sp³-hybridized carbons (Fsp3) is 0.429. The summed E-state index contributed by atoms with van der Waals surface area (Å²) in [6.07, 6.45) is 7.13. The molecule has 0 fully saturated rings. The molecule has 0 bridgehead atoms. The second kappa shape index (κ2) is 5.17. The van der Waals surface area contributed by atoms with E-state index in [9.17, 15) is 0 Å². The minimum absolute atomic E-state index is 0.00329. The van der Waals surface area contributed by atoms with Gasteiger partial charge in [-0.1, -0.05) is 29.8 Å². The van der Waals surface area contributed by atoms with Crippen LogP contribution in [0.3, 0.4) is 0 Å². The fourth-order valence-corrected chi connectivity index (χ4v) is 2.27. The van der Waals surface area contributed by atoms with E-state index in [0.29, 0.717) is 0 Å². The van der Waals surface area contributed by atoms with Gasteiger partial charge in [0.2, 0.25) is 0 Å². The highest BCUT2D eigenvalue weighted by Crippen LogP contribution is 2.32. The number of nitrogens with two attached hydrogens (primary N) is 1. The van der Waals surface area contributed by atoms with Crippen LogP contribution in [-0.4, -0.2) is 7.11 Å². The molecule has 1 aromatic rings. The maximum Gasteiger partial charge on any atom is 0.123 e. The van der Waals surface area contributed by atoms with E-state index in [1.54, 1.807) is 7.11 Å². The number of para-hydroxylation sites is 1. The topological polar surface area (TPSA) is 35.2 Å². The molecule has 1 aliphatic carbocycles. The molecule has 2 heteroatoms. The van der Waals surface area contributed by atoms with Crippen LogP contribution in [0.15, 0.2) is 35.9 Å². The third kappa shape index (κ3) is 2.27. The minimum Gasteiger partial charge on any atom is -0.496 e. The van der Waals surface area contributed by atoms with E-state index in [4.69, 9.17) is 10.5 Å². The van der Waals surface area contributed by atoms with Gasteiger partial charge >= 0.3 is 0 Å². The van der Waals surface area contributed by atoms with E-state index >= 15 is 0 Å². The van der Waals surface area contributed by atoms with Crippen molar-refractivity contribution in [1.29, 1.82) is 0 Å². The van der Waals surface area contributed by atoms with Crippen LogP contribution in [0.4, 0.5) is 0 Å². The number of benzene rings is 1. The first-order valence-corrected chi connectivity index (χ1v) is 5.90. The lowest BCUT2D eigenvalue weighted by Crippen LogP contribution is -2.15. The van der Waals surface area contributed by atoms with Crippen LogP contribution in [0, 0.1) is 0 Å². The normalized spacial score (nSPS) is 17.8. The largest absolute Gasteiger partial charge is 0.496 e. The van der Waals surface area contributed by atoms with E-state index in [2.05, 4.69) is 12.1 Å². The first kappa shape index (κ1) is 11.2. The lowest BCUT2D eigenvalue weighted by atomic mass is 9.90. The molecular weight excluding hydrogens is 198 g/mol. The van der Waals surface area contributed by atoms with Crippen LogP contribution >= 0.6 is 0 Å². The van der Waals surface area contributed by atoms with Crippen molar-refractivity contribution in [3.8, 4) is 5.75 Å². The lowest BCUT2D eigenvalue weighted by molar-refractivity contribution is 0.407. The molecule has 1 aliphatic rings. The van der Waals surface area contributed by atoms with E-state index in [-0.39, 0.29) is 6.04 Å². The molecule has 0 saturated carbocycles. The summed E-state index contributed by atoms with van der Waals surface area (Å²) >= 11 is 0. The average molecular weight is 217 g/mol. The van der Waals surface area contributed by atoms with Gasteiger partial charge in [0, 0.05) is 5.56 Å². The average Bonchev–Trinajstić information content (AvgIpc) is 2.39. The number of allylic oxidation sites excluding steroid dienone is 1. The van der Waals surface area contributed by atoms with Gasteiger partial charge in [-0.15, -0.1) is 0 Å². The number of rotatable bonds is 3. The third-order valence-electron chi connectivity index (χ3n) is 3.20. The first-order valence-electron chi connectivity index (χ1n) is 5.90. The monoisotopic (exact) mass is 217 g/mol. The van der Waals surface area contributed by atoms with Gasteiger partial charge in [0.1, 0.15) is 5.75 Å². The zero-order valence-corrected chi connectivity index (χ0v) is 9.78. The van der Waals surface area contributed by atoms with Crippen molar-refractivity contribution < 1.29 is 4.74 Å². The molecule has 0 saturated heterocycles. The predicted octanol–water partition coefficient (Wildman–Crippen LogP) is 3.20. The highest BCUT2D eigenvalue weighted by molar-refractivity contribution is 5.40. The Morgan fingerprint density at radius 3 is 2.75 bits per heavy atom. The molecule has 0 heterocycles. The summed E-state index contributed by atoms with van der Waals surface area (Å²) < 4.78 is 5.35. The van der Waals surface area contributed by atoms with Crippen LogP contribution < -0.4 is 10.5 Å². The number of methoxy groups -OCH3 is 1.